The smallest absolute Gasteiger partial charge is 0.0462 e. The molecule has 0 saturated heterocycles. The van der Waals surface area contributed by atoms with Gasteiger partial charge in [-0.15, -0.1) is 11.8 Å². The van der Waals surface area contributed by atoms with Crippen LogP contribution in [0, 0.1) is 5.92 Å². The molecule has 0 bridgehead atoms. The third-order valence-corrected chi connectivity index (χ3v) is 3.60. The van der Waals surface area contributed by atoms with E-state index in [2.05, 4.69) is 19.9 Å². The lowest BCUT2D eigenvalue weighted by molar-refractivity contribution is 0.750. The number of halogens is 1. The Hall–Kier alpha value is -0.180. The Bertz CT molecular complexity index is 299. The number of nitrogens with two attached hydrogens (primary N) is 1. The monoisotopic (exact) mass is 229 g/mol. The average molecular weight is 230 g/mol. The molecule has 0 unspecified atom stereocenters. The molecular formula is C11H16ClNS. The molecule has 0 aromatic heterocycles. The number of benzene rings is 1. The lowest BCUT2D eigenvalue weighted by atomic mass is 10.2. The number of hydrogen-bond acceptors (Lipinski definition) is 2. The molecule has 0 radical (unpaired) electrons. The van der Waals surface area contributed by atoms with Crippen molar-refractivity contribution in [2.75, 3.05) is 5.75 Å². The van der Waals surface area contributed by atoms with Crippen LogP contribution in [0.25, 0.3) is 0 Å². The minimum Gasteiger partial charge on any atom is -0.326 e. The maximum atomic E-state index is 6.05. The summed E-state index contributed by atoms with van der Waals surface area (Å²) >= 11 is 7.89. The zero-order valence-corrected chi connectivity index (χ0v) is 10.2. The van der Waals surface area contributed by atoms with E-state index in [9.17, 15) is 0 Å². The SMILES string of the molecule is CC(C)CSc1ccc(CN)c(Cl)c1. The fraction of sp³-hybridized carbons (Fsp3) is 0.455. The van der Waals surface area contributed by atoms with Crippen molar-refractivity contribution < 1.29 is 0 Å². The Kier molecular flexibility index (Phi) is 4.79. The Morgan fingerprint density at radius 1 is 1.43 bits per heavy atom. The highest BCUT2D eigenvalue weighted by Gasteiger charge is 2.01. The first-order valence-corrected chi connectivity index (χ1v) is 6.11. The van der Waals surface area contributed by atoms with Crippen LogP contribution >= 0.6 is 23.4 Å². The number of rotatable bonds is 4. The molecule has 0 saturated carbocycles. The van der Waals surface area contributed by atoms with Gasteiger partial charge in [-0.05, 0) is 23.6 Å². The van der Waals surface area contributed by atoms with Crippen molar-refractivity contribution in [2.45, 2.75) is 25.3 Å². The van der Waals surface area contributed by atoms with Crippen LogP contribution in [0.4, 0.5) is 0 Å². The molecule has 0 aliphatic heterocycles. The van der Waals surface area contributed by atoms with Crippen molar-refractivity contribution in [1.82, 2.24) is 0 Å². The normalized spacial score (nSPS) is 10.9. The zero-order chi connectivity index (χ0) is 10.6. The van der Waals surface area contributed by atoms with Crippen LogP contribution in [0.3, 0.4) is 0 Å². The molecule has 3 heteroatoms. The number of hydrogen-bond donors (Lipinski definition) is 1. The molecule has 2 N–H and O–H groups in total. The van der Waals surface area contributed by atoms with E-state index in [0.29, 0.717) is 12.5 Å². The van der Waals surface area contributed by atoms with Crippen molar-refractivity contribution in [3.05, 3.63) is 28.8 Å². The van der Waals surface area contributed by atoms with Crippen LogP contribution in [-0.2, 0) is 6.54 Å². The van der Waals surface area contributed by atoms with E-state index in [4.69, 9.17) is 17.3 Å². The predicted molar refractivity (Wildman–Crippen MR) is 64.9 cm³/mol. The fourth-order valence-corrected chi connectivity index (χ4v) is 2.26. The van der Waals surface area contributed by atoms with E-state index in [-0.39, 0.29) is 0 Å². The Balaban J connectivity index is 2.66. The second-order valence-corrected chi connectivity index (χ2v) is 5.16. The van der Waals surface area contributed by atoms with Gasteiger partial charge in [0.25, 0.3) is 0 Å². The van der Waals surface area contributed by atoms with Crippen LogP contribution in [0.2, 0.25) is 5.02 Å². The van der Waals surface area contributed by atoms with Gasteiger partial charge in [0.2, 0.25) is 0 Å². The summed E-state index contributed by atoms with van der Waals surface area (Å²) in [4.78, 5) is 1.22. The zero-order valence-electron chi connectivity index (χ0n) is 8.59. The van der Waals surface area contributed by atoms with Crippen LogP contribution in [0.15, 0.2) is 23.1 Å². The summed E-state index contributed by atoms with van der Waals surface area (Å²) in [6.07, 6.45) is 0. The third kappa shape index (κ3) is 3.52. The largest absolute Gasteiger partial charge is 0.326 e. The van der Waals surface area contributed by atoms with Crippen molar-refractivity contribution in [3.63, 3.8) is 0 Å². The van der Waals surface area contributed by atoms with Gasteiger partial charge in [-0.1, -0.05) is 31.5 Å². The lowest BCUT2D eigenvalue weighted by Crippen LogP contribution is -1.97. The van der Waals surface area contributed by atoms with E-state index in [1.807, 2.05) is 23.9 Å². The van der Waals surface area contributed by atoms with Crippen LogP contribution < -0.4 is 5.73 Å². The highest BCUT2D eigenvalue weighted by molar-refractivity contribution is 7.99. The maximum Gasteiger partial charge on any atom is 0.0462 e. The first-order valence-electron chi connectivity index (χ1n) is 4.74. The predicted octanol–water partition coefficient (Wildman–Crippen LogP) is 3.55. The summed E-state index contributed by atoms with van der Waals surface area (Å²) in [6, 6.07) is 6.09. The van der Waals surface area contributed by atoms with Crippen molar-refractivity contribution in [2.24, 2.45) is 11.7 Å². The van der Waals surface area contributed by atoms with Gasteiger partial charge in [0.1, 0.15) is 0 Å². The Morgan fingerprint density at radius 2 is 2.14 bits per heavy atom. The highest BCUT2D eigenvalue weighted by Crippen LogP contribution is 2.26. The first-order chi connectivity index (χ1) is 6.63. The molecule has 1 aromatic rings. The van der Waals surface area contributed by atoms with Gasteiger partial charge >= 0.3 is 0 Å². The van der Waals surface area contributed by atoms with Crippen LogP contribution in [0.5, 0.6) is 0 Å². The summed E-state index contributed by atoms with van der Waals surface area (Å²) in [5.74, 6) is 1.83. The quantitative estimate of drug-likeness (QED) is 0.800. The summed E-state index contributed by atoms with van der Waals surface area (Å²) in [5, 5.41) is 0.779. The van der Waals surface area contributed by atoms with Gasteiger partial charge in [-0.2, -0.15) is 0 Å². The Morgan fingerprint density at radius 3 is 2.64 bits per heavy atom. The molecule has 1 nitrogen and oxygen atoms in total. The van der Waals surface area contributed by atoms with Gasteiger partial charge in [-0.3, -0.25) is 0 Å². The standard InChI is InChI=1S/C11H16ClNS/c1-8(2)7-14-10-4-3-9(6-13)11(12)5-10/h3-5,8H,6-7,13H2,1-2H3. The average Bonchev–Trinajstić information content (AvgIpc) is 2.15. The lowest BCUT2D eigenvalue weighted by Gasteiger charge is -2.06. The fourth-order valence-electron chi connectivity index (χ4n) is 1.05. The first kappa shape index (κ1) is 11.9. The van der Waals surface area contributed by atoms with Gasteiger partial charge in [0.05, 0.1) is 0 Å². The van der Waals surface area contributed by atoms with Crippen molar-refractivity contribution >= 4 is 23.4 Å². The molecule has 0 heterocycles. The van der Waals surface area contributed by atoms with Crippen molar-refractivity contribution in [1.29, 1.82) is 0 Å². The second kappa shape index (κ2) is 5.64. The highest BCUT2D eigenvalue weighted by atomic mass is 35.5. The molecular weight excluding hydrogens is 214 g/mol. The van der Waals surface area contributed by atoms with E-state index in [1.54, 1.807) is 0 Å². The van der Waals surface area contributed by atoms with E-state index in [0.717, 1.165) is 16.3 Å². The van der Waals surface area contributed by atoms with Crippen LogP contribution in [-0.4, -0.2) is 5.75 Å². The molecule has 0 spiro atoms. The molecule has 78 valence electrons. The van der Waals surface area contributed by atoms with Gasteiger partial charge in [-0.25, -0.2) is 0 Å². The number of thioether (sulfide) groups is 1. The second-order valence-electron chi connectivity index (χ2n) is 3.66. The third-order valence-electron chi connectivity index (χ3n) is 1.83. The Labute approximate surface area is 95.0 Å². The molecule has 0 amide bonds. The van der Waals surface area contributed by atoms with Gasteiger partial charge in [0, 0.05) is 22.2 Å². The molecule has 0 atom stereocenters. The maximum absolute atomic E-state index is 6.05. The molecule has 0 fully saturated rings. The van der Waals surface area contributed by atoms with Crippen molar-refractivity contribution in [3.8, 4) is 0 Å². The van der Waals surface area contributed by atoms with Crippen LogP contribution in [0.1, 0.15) is 19.4 Å². The summed E-state index contributed by atoms with van der Waals surface area (Å²) in [5.41, 5.74) is 6.55. The molecule has 0 aliphatic carbocycles. The van der Waals surface area contributed by atoms with Gasteiger partial charge < -0.3 is 5.73 Å². The van der Waals surface area contributed by atoms with Gasteiger partial charge in [0.15, 0.2) is 0 Å². The van der Waals surface area contributed by atoms with E-state index in [1.165, 1.54) is 4.90 Å². The van der Waals surface area contributed by atoms with E-state index < -0.39 is 0 Å². The minimum absolute atomic E-state index is 0.508. The topological polar surface area (TPSA) is 26.0 Å². The summed E-state index contributed by atoms with van der Waals surface area (Å²) < 4.78 is 0. The summed E-state index contributed by atoms with van der Waals surface area (Å²) in [6.45, 7) is 4.93. The molecule has 1 aromatic carbocycles. The molecule has 14 heavy (non-hydrogen) atoms. The van der Waals surface area contributed by atoms with E-state index >= 15 is 0 Å². The summed E-state index contributed by atoms with van der Waals surface area (Å²) in [7, 11) is 0. The molecule has 0 aliphatic rings. The minimum atomic E-state index is 0.508. The molecule has 1 rings (SSSR count).